The third-order valence-corrected chi connectivity index (χ3v) is 5.16. The summed E-state index contributed by atoms with van der Waals surface area (Å²) in [6.07, 6.45) is 1.16. The van der Waals surface area contributed by atoms with Gasteiger partial charge in [-0.15, -0.1) is 0 Å². The van der Waals surface area contributed by atoms with Crippen LogP contribution in [0.25, 0.3) is 0 Å². The van der Waals surface area contributed by atoms with Gasteiger partial charge in [0.1, 0.15) is 5.75 Å². The molecule has 26 heavy (non-hydrogen) atoms. The second kappa shape index (κ2) is 8.42. The minimum atomic E-state index is -3.33. The van der Waals surface area contributed by atoms with Gasteiger partial charge in [0, 0.05) is 17.3 Å². The minimum absolute atomic E-state index is 0.172. The molecule has 1 N–H and O–H groups in total. The zero-order valence-electron chi connectivity index (χ0n) is 14.8. The molecule has 0 aliphatic rings. The Morgan fingerprint density at radius 2 is 1.85 bits per heavy atom. The molecule has 0 saturated heterocycles. The van der Waals surface area contributed by atoms with Crippen LogP contribution in [0.2, 0.25) is 5.02 Å². The molecule has 0 bridgehead atoms. The van der Waals surface area contributed by atoms with E-state index in [9.17, 15) is 13.2 Å². The molecule has 0 fully saturated rings. The molecule has 0 unspecified atom stereocenters. The summed E-state index contributed by atoms with van der Waals surface area (Å²) in [7, 11) is -3.33. The lowest BCUT2D eigenvalue weighted by Crippen LogP contribution is -2.29. The number of nitrogens with zero attached hydrogens (tertiary/aromatic N) is 1. The van der Waals surface area contributed by atoms with Crippen molar-refractivity contribution in [1.29, 1.82) is 0 Å². The van der Waals surface area contributed by atoms with Gasteiger partial charge in [-0.25, -0.2) is 8.42 Å². The normalized spacial score (nSPS) is 11.1. The highest BCUT2D eigenvalue weighted by molar-refractivity contribution is 7.92. The van der Waals surface area contributed by atoms with E-state index in [2.05, 4.69) is 5.32 Å². The molecule has 0 atom stereocenters. The predicted octanol–water partition coefficient (Wildman–Crippen LogP) is 3.45. The van der Waals surface area contributed by atoms with E-state index in [1.165, 1.54) is 4.31 Å². The number of halogens is 1. The molecule has 0 aromatic heterocycles. The fraction of sp³-hybridized carbons (Fsp3) is 0.278. The molecule has 0 radical (unpaired) electrons. The summed E-state index contributed by atoms with van der Waals surface area (Å²) in [4.78, 5) is 12.0. The van der Waals surface area contributed by atoms with Gasteiger partial charge >= 0.3 is 0 Å². The van der Waals surface area contributed by atoms with E-state index in [0.717, 1.165) is 11.8 Å². The van der Waals surface area contributed by atoms with Crippen LogP contribution < -0.4 is 14.4 Å². The Kier molecular flexibility index (Phi) is 6.50. The monoisotopic (exact) mass is 396 g/mol. The highest BCUT2D eigenvalue weighted by atomic mass is 35.5. The molecular weight excluding hydrogens is 376 g/mol. The van der Waals surface area contributed by atoms with Gasteiger partial charge < -0.3 is 10.1 Å². The predicted molar refractivity (Wildman–Crippen MR) is 105 cm³/mol. The zero-order chi connectivity index (χ0) is 19.3. The number of nitrogens with one attached hydrogen (secondary N) is 1. The number of carbonyl (C=O) groups is 1. The van der Waals surface area contributed by atoms with Crippen molar-refractivity contribution in [3.8, 4) is 5.75 Å². The average molecular weight is 397 g/mol. The Bertz CT molecular complexity index is 883. The van der Waals surface area contributed by atoms with E-state index < -0.39 is 10.0 Å². The Balaban J connectivity index is 1.97. The standard InChI is InChI=1S/C18H21ClN2O4S/c1-4-21(26(3,23)24)15-7-9-16(10-8-15)25-12-18(22)20-17-11-14(19)6-5-13(17)2/h5-11H,4,12H2,1-3H3,(H,20,22). The van der Waals surface area contributed by atoms with Crippen molar-refractivity contribution in [2.75, 3.05) is 29.0 Å². The minimum Gasteiger partial charge on any atom is -0.484 e. The van der Waals surface area contributed by atoms with Gasteiger partial charge in [-0.1, -0.05) is 17.7 Å². The lowest BCUT2D eigenvalue weighted by Gasteiger charge is -2.20. The van der Waals surface area contributed by atoms with E-state index >= 15 is 0 Å². The van der Waals surface area contributed by atoms with Gasteiger partial charge in [-0.2, -0.15) is 0 Å². The van der Waals surface area contributed by atoms with Crippen LogP contribution >= 0.6 is 11.6 Å². The van der Waals surface area contributed by atoms with Crippen molar-refractivity contribution in [3.63, 3.8) is 0 Å². The topological polar surface area (TPSA) is 75.7 Å². The smallest absolute Gasteiger partial charge is 0.262 e. The summed E-state index contributed by atoms with van der Waals surface area (Å²) in [6, 6.07) is 11.8. The van der Waals surface area contributed by atoms with Crippen LogP contribution in [0, 0.1) is 6.92 Å². The first-order valence-corrected chi connectivity index (χ1v) is 10.2. The van der Waals surface area contributed by atoms with Crippen LogP contribution in [0.3, 0.4) is 0 Å². The van der Waals surface area contributed by atoms with Crippen LogP contribution in [0.4, 0.5) is 11.4 Å². The first kappa shape index (κ1) is 20.1. The maximum atomic E-state index is 12.0. The first-order valence-electron chi connectivity index (χ1n) is 7.97. The molecule has 1 amide bonds. The summed E-state index contributed by atoms with van der Waals surface area (Å²) < 4.78 is 30.2. The lowest BCUT2D eigenvalue weighted by atomic mass is 10.2. The summed E-state index contributed by atoms with van der Waals surface area (Å²) in [5.74, 6) is 0.155. The van der Waals surface area contributed by atoms with Gasteiger partial charge in [0.25, 0.3) is 5.91 Å². The number of carbonyl (C=O) groups excluding carboxylic acids is 1. The van der Waals surface area contributed by atoms with Crippen molar-refractivity contribution >= 4 is 38.9 Å². The third-order valence-electron chi connectivity index (χ3n) is 3.66. The van der Waals surface area contributed by atoms with E-state index in [-0.39, 0.29) is 12.5 Å². The van der Waals surface area contributed by atoms with Gasteiger partial charge in [0.15, 0.2) is 6.61 Å². The van der Waals surface area contributed by atoms with Crippen LogP contribution in [-0.4, -0.2) is 33.7 Å². The third kappa shape index (κ3) is 5.37. The second-order valence-electron chi connectivity index (χ2n) is 5.72. The molecule has 2 rings (SSSR count). The highest BCUT2D eigenvalue weighted by Crippen LogP contribution is 2.22. The summed E-state index contributed by atoms with van der Waals surface area (Å²) >= 11 is 5.93. The molecule has 140 valence electrons. The lowest BCUT2D eigenvalue weighted by molar-refractivity contribution is -0.118. The number of rotatable bonds is 7. The maximum Gasteiger partial charge on any atom is 0.262 e. The van der Waals surface area contributed by atoms with Gasteiger partial charge in [0.05, 0.1) is 11.9 Å². The van der Waals surface area contributed by atoms with E-state index in [4.69, 9.17) is 16.3 Å². The van der Waals surface area contributed by atoms with Crippen molar-refractivity contribution in [2.45, 2.75) is 13.8 Å². The van der Waals surface area contributed by atoms with Crippen LogP contribution in [0.15, 0.2) is 42.5 Å². The average Bonchev–Trinajstić information content (AvgIpc) is 2.57. The summed E-state index contributed by atoms with van der Waals surface area (Å²) in [6.45, 7) is 3.79. The molecule has 0 aliphatic carbocycles. The fourth-order valence-corrected chi connectivity index (χ4v) is 3.53. The first-order chi connectivity index (χ1) is 12.2. The summed E-state index contributed by atoms with van der Waals surface area (Å²) in [5.41, 5.74) is 2.07. The number of sulfonamides is 1. The van der Waals surface area contributed by atoms with Gasteiger partial charge in [0.2, 0.25) is 10.0 Å². The van der Waals surface area contributed by atoms with Crippen molar-refractivity contribution in [2.24, 2.45) is 0 Å². The van der Waals surface area contributed by atoms with Gasteiger partial charge in [-0.3, -0.25) is 9.10 Å². The number of amides is 1. The molecule has 0 saturated carbocycles. The Morgan fingerprint density at radius 3 is 2.42 bits per heavy atom. The SMILES string of the molecule is CCN(c1ccc(OCC(=O)Nc2cc(Cl)ccc2C)cc1)S(C)(=O)=O. The molecular formula is C18H21ClN2O4S. The van der Waals surface area contributed by atoms with Crippen molar-refractivity contribution in [1.82, 2.24) is 0 Å². The molecule has 0 aliphatic heterocycles. The number of hydrogen-bond acceptors (Lipinski definition) is 4. The number of hydrogen-bond donors (Lipinski definition) is 1. The number of ether oxygens (including phenoxy) is 1. The number of benzene rings is 2. The molecule has 6 nitrogen and oxygen atoms in total. The van der Waals surface area contributed by atoms with E-state index in [1.807, 2.05) is 13.0 Å². The second-order valence-corrected chi connectivity index (χ2v) is 8.06. The Labute approximate surface area is 158 Å². The fourth-order valence-electron chi connectivity index (χ4n) is 2.38. The van der Waals surface area contributed by atoms with Crippen molar-refractivity contribution < 1.29 is 17.9 Å². The largest absolute Gasteiger partial charge is 0.484 e. The Morgan fingerprint density at radius 1 is 1.19 bits per heavy atom. The molecule has 0 heterocycles. The van der Waals surface area contributed by atoms with Gasteiger partial charge in [-0.05, 0) is 55.8 Å². The number of aryl methyl sites for hydroxylation is 1. The van der Waals surface area contributed by atoms with Crippen LogP contribution in [0.5, 0.6) is 5.75 Å². The zero-order valence-corrected chi connectivity index (χ0v) is 16.4. The number of anilines is 2. The maximum absolute atomic E-state index is 12.0. The Hall–Kier alpha value is -2.25. The molecule has 2 aromatic carbocycles. The van der Waals surface area contributed by atoms with E-state index in [1.54, 1.807) is 43.3 Å². The molecule has 8 heteroatoms. The van der Waals surface area contributed by atoms with E-state index in [0.29, 0.717) is 28.7 Å². The summed E-state index contributed by atoms with van der Waals surface area (Å²) in [5, 5.41) is 3.28. The highest BCUT2D eigenvalue weighted by Gasteiger charge is 2.15. The van der Waals surface area contributed by atoms with Crippen LogP contribution in [-0.2, 0) is 14.8 Å². The van der Waals surface area contributed by atoms with Crippen molar-refractivity contribution in [3.05, 3.63) is 53.1 Å². The quantitative estimate of drug-likeness (QED) is 0.777. The molecule has 2 aromatic rings. The van der Waals surface area contributed by atoms with Crippen LogP contribution in [0.1, 0.15) is 12.5 Å². The molecule has 0 spiro atoms.